The highest BCUT2D eigenvalue weighted by molar-refractivity contribution is 5.79. The lowest BCUT2D eigenvalue weighted by Crippen LogP contribution is -2.32. The SMILES string of the molecule is COc1cccc(CC(=O)N(Cc2nc3cc(C)ccc3o2)Cc2cc(F)ccc2F)c1. The third-order valence-corrected chi connectivity index (χ3v) is 5.12. The van der Waals surface area contributed by atoms with Crippen LogP contribution < -0.4 is 4.74 Å². The molecule has 0 saturated heterocycles. The minimum absolute atomic E-state index is 0.0203. The maximum atomic E-state index is 14.3. The van der Waals surface area contributed by atoms with E-state index in [1.54, 1.807) is 25.3 Å². The van der Waals surface area contributed by atoms with Gasteiger partial charge in [-0.3, -0.25) is 4.79 Å². The summed E-state index contributed by atoms with van der Waals surface area (Å²) in [7, 11) is 1.55. The number of rotatable bonds is 7. The van der Waals surface area contributed by atoms with Crippen molar-refractivity contribution in [2.24, 2.45) is 0 Å². The molecular weight excluding hydrogens is 414 g/mol. The van der Waals surface area contributed by atoms with Gasteiger partial charge in [0.2, 0.25) is 11.8 Å². The monoisotopic (exact) mass is 436 g/mol. The topological polar surface area (TPSA) is 55.6 Å². The Kier molecular flexibility index (Phi) is 6.16. The van der Waals surface area contributed by atoms with Crippen molar-refractivity contribution in [1.29, 1.82) is 0 Å². The summed E-state index contributed by atoms with van der Waals surface area (Å²) >= 11 is 0. The molecule has 1 aromatic heterocycles. The van der Waals surface area contributed by atoms with Crippen molar-refractivity contribution in [2.45, 2.75) is 26.4 Å². The average molecular weight is 436 g/mol. The molecule has 0 spiro atoms. The van der Waals surface area contributed by atoms with Crippen LogP contribution >= 0.6 is 0 Å². The van der Waals surface area contributed by atoms with Gasteiger partial charge in [0.05, 0.1) is 20.1 Å². The number of nitrogens with zero attached hydrogens (tertiary/aromatic N) is 2. The van der Waals surface area contributed by atoms with Crippen LogP contribution in [0.2, 0.25) is 0 Å². The van der Waals surface area contributed by atoms with Gasteiger partial charge in [-0.1, -0.05) is 18.2 Å². The van der Waals surface area contributed by atoms with Crippen LogP contribution in [0.1, 0.15) is 22.6 Å². The predicted molar refractivity (Wildman–Crippen MR) is 116 cm³/mol. The number of hydrogen-bond donors (Lipinski definition) is 0. The Bertz CT molecular complexity index is 1270. The lowest BCUT2D eigenvalue weighted by atomic mass is 10.1. The molecule has 4 rings (SSSR count). The van der Waals surface area contributed by atoms with Crippen LogP contribution in [0.25, 0.3) is 11.1 Å². The zero-order valence-corrected chi connectivity index (χ0v) is 17.8. The van der Waals surface area contributed by atoms with Gasteiger partial charge < -0.3 is 14.1 Å². The fourth-order valence-corrected chi connectivity index (χ4v) is 3.49. The Labute approximate surface area is 184 Å². The third-order valence-electron chi connectivity index (χ3n) is 5.12. The van der Waals surface area contributed by atoms with Crippen LogP contribution in [-0.4, -0.2) is 22.9 Å². The second-order valence-corrected chi connectivity index (χ2v) is 7.59. The Hall–Kier alpha value is -3.74. The summed E-state index contributed by atoms with van der Waals surface area (Å²) in [5.41, 5.74) is 3.13. The van der Waals surface area contributed by atoms with Gasteiger partial charge in [-0.05, 0) is 60.5 Å². The molecule has 0 aliphatic heterocycles. The number of oxazole rings is 1. The molecule has 1 heterocycles. The molecular formula is C25H22F2N2O3. The van der Waals surface area contributed by atoms with E-state index < -0.39 is 11.6 Å². The molecule has 1 amide bonds. The van der Waals surface area contributed by atoms with Crippen LogP contribution in [0.3, 0.4) is 0 Å². The number of ether oxygens (including phenoxy) is 1. The van der Waals surface area contributed by atoms with Crippen LogP contribution in [0.15, 0.2) is 65.1 Å². The zero-order valence-electron chi connectivity index (χ0n) is 17.8. The van der Waals surface area contributed by atoms with Gasteiger partial charge in [-0.15, -0.1) is 0 Å². The molecule has 0 N–H and O–H groups in total. The average Bonchev–Trinajstić information content (AvgIpc) is 3.17. The molecule has 4 aromatic rings. The molecule has 0 radical (unpaired) electrons. The second kappa shape index (κ2) is 9.18. The van der Waals surface area contributed by atoms with Crippen LogP contribution in [0.5, 0.6) is 5.75 Å². The van der Waals surface area contributed by atoms with Gasteiger partial charge in [0.25, 0.3) is 0 Å². The number of carbonyl (C=O) groups excluding carboxylic acids is 1. The minimum Gasteiger partial charge on any atom is -0.497 e. The Morgan fingerprint density at radius 1 is 1.06 bits per heavy atom. The van der Waals surface area contributed by atoms with Crippen LogP contribution in [0, 0.1) is 18.6 Å². The molecule has 32 heavy (non-hydrogen) atoms. The van der Waals surface area contributed by atoms with Crippen molar-refractivity contribution in [3.8, 4) is 5.75 Å². The second-order valence-electron chi connectivity index (χ2n) is 7.59. The smallest absolute Gasteiger partial charge is 0.227 e. The van der Waals surface area contributed by atoms with Gasteiger partial charge >= 0.3 is 0 Å². The number of amides is 1. The van der Waals surface area contributed by atoms with Crippen molar-refractivity contribution >= 4 is 17.0 Å². The maximum Gasteiger partial charge on any atom is 0.227 e. The number of fused-ring (bicyclic) bond motifs is 1. The number of aryl methyl sites for hydroxylation is 1. The van der Waals surface area contributed by atoms with E-state index in [4.69, 9.17) is 9.15 Å². The number of halogens is 2. The minimum atomic E-state index is -0.584. The molecule has 0 fully saturated rings. The molecule has 0 aliphatic rings. The summed E-state index contributed by atoms with van der Waals surface area (Å²) in [5.74, 6) is -0.480. The Balaban J connectivity index is 1.62. The first kappa shape index (κ1) is 21.5. The largest absolute Gasteiger partial charge is 0.497 e. The fourth-order valence-electron chi connectivity index (χ4n) is 3.49. The van der Waals surface area contributed by atoms with Crippen LogP contribution in [0.4, 0.5) is 8.78 Å². The Morgan fingerprint density at radius 2 is 1.91 bits per heavy atom. The molecule has 0 atom stereocenters. The summed E-state index contributed by atoms with van der Waals surface area (Å²) in [4.78, 5) is 19.1. The standard InChI is InChI=1S/C25H22F2N2O3/c1-16-6-9-23-22(10-16)28-24(32-23)15-29(14-18-13-19(26)7-8-21(18)27)25(30)12-17-4-3-5-20(11-17)31-2/h3-11,13H,12,14-15H2,1-2H3. The lowest BCUT2D eigenvalue weighted by molar-refractivity contribution is -0.132. The quantitative estimate of drug-likeness (QED) is 0.400. The van der Waals surface area contributed by atoms with Crippen molar-refractivity contribution in [2.75, 3.05) is 7.11 Å². The first-order chi connectivity index (χ1) is 15.4. The number of methoxy groups -OCH3 is 1. The summed E-state index contributed by atoms with van der Waals surface area (Å²) < 4.78 is 39.0. The summed E-state index contributed by atoms with van der Waals surface area (Å²) in [6.07, 6.45) is 0.0630. The van der Waals surface area contributed by atoms with Crippen molar-refractivity contribution in [3.63, 3.8) is 0 Å². The van der Waals surface area contributed by atoms with Gasteiger partial charge in [0, 0.05) is 12.1 Å². The molecule has 7 heteroatoms. The van der Waals surface area contributed by atoms with Gasteiger partial charge in [-0.2, -0.15) is 0 Å². The normalized spacial score (nSPS) is 11.0. The van der Waals surface area contributed by atoms with Crippen LogP contribution in [-0.2, 0) is 24.3 Å². The van der Waals surface area contributed by atoms with E-state index in [0.717, 1.165) is 29.3 Å². The van der Waals surface area contributed by atoms with Crippen molar-refractivity contribution < 1.29 is 22.7 Å². The maximum absolute atomic E-state index is 14.3. The van der Waals surface area contributed by atoms with E-state index in [9.17, 15) is 13.6 Å². The van der Waals surface area contributed by atoms with E-state index in [1.165, 1.54) is 4.90 Å². The van der Waals surface area contributed by atoms with Gasteiger partial charge in [0.15, 0.2) is 5.58 Å². The van der Waals surface area contributed by atoms with Crippen molar-refractivity contribution in [3.05, 3.63) is 94.9 Å². The van der Waals surface area contributed by atoms with E-state index in [-0.39, 0.29) is 31.0 Å². The third kappa shape index (κ3) is 4.94. The van der Waals surface area contributed by atoms with Crippen molar-refractivity contribution in [1.82, 2.24) is 9.88 Å². The van der Waals surface area contributed by atoms with Gasteiger partial charge in [-0.25, -0.2) is 13.8 Å². The molecule has 0 unspecified atom stereocenters. The van der Waals surface area contributed by atoms with Gasteiger partial charge in [0.1, 0.15) is 22.9 Å². The summed E-state index contributed by atoms with van der Waals surface area (Å²) in [6, 6.07) is 16.0. The first-order valence-corrected chi connectivity index (χ1v) is 10.1. The molecule has 0 aliphatic carbocycles. The fraction of sp³-hybridized carbons (Fsp3) is 0.200. The molecule has 0 saturated carbocycles. The number of aromatic nitrogens is 1. The summed E-state index contributed by atoms with van der Waals surface area (Å²) in [5, 5.41) is 0. The summed E-state index contributed by atoms with van der Waals surface area (Å²) in [6.45, 7) is 1.85. The highest BCUT2D eigenvalue weighted by Gasteiger charge is 2.20. The number of benzene rings is 3. The molecule has 3 aromatic carbocycles. The highest BCUT2D eigenvalue weighted by Crippen LogP contribution is 2.21. The highest BCUT2D eigenvalue weighted by atomic mass is 19.1. The predicted octanol–water partition coefficient (Wildman–Crippen LogP) is 5.19. The van der Waals surface area contributed by atoms with E-state index in [2.05, 4.69) is 4.98 Å². The number of hydrogen-bond acceptors (Lipinski definition) is 4. The Morgan fingerprint density at radius 3 is 2.72 bits per heavy atom. The first-order valence-electron chi connectivity index (χ1n) is 10.1. The van der Waals surface area contributed by atoms with E-state index in [1.807, 2.05) is 31.2 Å². The molecule has 164 valence electrons. The lowest BCUT2D eigenvalue weighted by Gasteiger charge is -2.22. The molecule has 5 nitrogen and oxygen atoms in total. The van der Waals surface area contributed by atoms with E-state index >= 15 is 0 Å². The number of carbonyl (C=O) groups is 1. The molecule has 0 bridgehead atoms. The van der Waals surface area contributed by atoms with E-state index in [0.29, 0.717) is 22.7 Å². The zero-order chi connectivity index (χ0) is 22.7.